The van der Waals surface area contributed by atoms with Gasteiger partial charge < -0.3 is 5.11 Å². The Morgan fingerprint density at radius 1 is 1.12 bits per heavy atom. The summed E-state index contributed by atoms with van der Waals surface area (Å²) in [7, 11) is -3.79. The quantitative estimate of drug-likeness (QED) is 0.578. The molecule has 1 N–H and O–H groups in total. The average molecular weight is 452 g/mol. The first-order chi connectivity index (χ1) is 14.8. The van der Waals surface area contributed by atoms with Crippen molar-refractivity contribution in [2.24, 2.45) is 11.8 Å². The van der Waals surface area contributed by atoms with Gasteiger partial charge in [0.1, 0.15) is 0 Å². The lowest BCUT2D eigenvalue weighted by Gasteiger charge is -2.39. The molecule has 2 atom stereocenters. The summed E-state index contributed by atoms with van der Waals surface area (Å²) in [5.41, 5.74) is 3.35. The topological polar surface area (TPSA) is 76.4 Å². The van der Waals surface area contributed by atoms with Gasteiger partial charge in [-0.1, -0.05) is 29.8 Å². The van der Waals surface area contributed by atoms with Crippen molar-refractivity contribution >= 4 is 26.7 Å². The number of carbonyl (C=O) groups excluding carboxylic acids is 1. The normalized spacial score (nSPS) is 19.2. The van der Waals surface area contributed by atoms with Crippen LogP contribution in [0.1, 0.15) is 47.8 Å². The van der Waals surface area contributed by atoms with Gasteiger partial charge in [-0.15, -0.1) is 0 Å². The molecule has 0 aliphatic heterocycles. The average Bonchev–Trinajstić information content (AvgIpc) is 3.05. The third-order valence-electron chi connectivity index (χ3n) is 6.58. The van der Waals surface area contributed by atoms with E-state index in [2.05, 4.69) is 6.58 Å². The van der Waals surface area contributed by atoms with E-state index in [0.29, 0.717) is 17.5 Å². The van der Waals surface area contributed by atoms with Gasteiger partial charge in [0.05, 0.1) is 21.9 Å². The van der Waals surface area contributed by atoms with Crippen molar-refractivity contribution in [2.45, 2.75) is 51.5 Å². The fraction of sp³-hybridized carbons (Fsp3) is 0.346. The zero-order valence-corrected chi connectivity index (χ0v) is 20.0. The Kier molecular flexibility index (Phi) is 5.22. The molecule has 3 aromatic rings. The molecule has 2 aromatic carbocycles. The lowest BCUT2D eigenvalue weighted by molar-refractivity contribution is 0.00145. The smallest absolute Gasteiger partial charge is 0.268 e. The highest BCUT2D eigenvalue weighted by Gasteiger charge is 2.45. The molecule has 0 unspecified atom stereocenters. The maximum absolute atomic E-state index is 13.5. The van der Waals surface area contributed by atoms with Crippen molar-refractivity contribution in [1.82, 2.24) is 3.97 Å². The van der Waals surface area contributed by atoms with E-state index in [4.69, 9.17) is 0 Å². The summed E-state index contributed by atoms with van der Waals surface area (Å²) in [6, 6.07) is 10.2. The molecular formula is C26H29NO4S. The van der Waals surface area contributed by atoms with Crippen LogP contribution in [0, 0.1) is 25.7 Å². The molecule has 1 aliphatic rings. The van der Waals surface area contributed by atoms with Gasteiger partial charge in [0.25, 0.3) is 10.0 Å². The summed E-state index contributed by atoms with van der Waals surface area (Å²) in [5.74, 6) is -0.942. The zero-order chi connectivity index (χ0) is 23.6. The van der Waals surface area contributed by atoms with Crippen molar-refractivity contribution < 1.29 is 18.3 Å². The number of nitrogens with zero attached hydrogens (tertiary/aromatic N) is 1. The number of aryl methyl sites for hydroxylation is 2. The number of hydrogen-bond acceptors (Lipinski definition) is 4. The van der Waals surface area contributed by atoms with Crippen LogP contribution in [-0.4, -0.2) is 28.9 Å². The van der Waals surface area contributed by atoms with Gasteiger partial charge in [-0.3, -0.25) is 4.79 Å². The molecule has 1 aliphatic carbocycles. The Balaban J connectivity index is 1.95. The van der Waals surface area contributed by atoms with Crippen molar-refractivity contribution in [3.8, 4) is 0 Å². The van der Waals surface area contributed by atoms with Crippen LogP contribution in [0.4, 0.5) is 0 Å². The summed E-state index contributed by atoms with van der Waals surface area (Å²) in [6.07, 6.45) is 2.15. The lowest BCUT2D eigenvalue weighted by Crippen LogP contribution is -2.45. The number of rotatable bonds is 4. The molecule has 0 radical (unpaired) electrons. The van der Waals surface area contributed by atoms with Crippen LogP contribution in [0.5, 0.6) is 0 Å². The largest absolute Gasteiger partial charge is 0.390 e. The van der Waals surface area contributed by atoms with Crippen LogP contribution in [0.3, 0.4) is 0 Å². The molecule has 32 heavy (non-hydrogen) atoms. The van der Waals surface area contributed by atoms with E-state index in [-0.39, 0.29) is 16.6 Å². The first kappa shape index (κ1) is 22.5. The van der Waals surface area contributed by atoms with Crippen LogP contribution < -0.4 is 0 Å². The van der Waals surface area contributed by atoms with E-state index in [1.165, 1.54) is 3.97 Å². The Morgan fingerprint density at radius 2 is 1.75 bits per heavy atom. The van der Waals surface area contributed by atoms with E-state index >= 15 is 0 Å². The minimum Gasteiger partial charge on any atom is -0.390 e. The summed E-state index contributed by atoms with van der Waals surface area (Å²) in [5, 5.41) is 11.5. The van der Waals surface area contributed by atoms with Gasteiger partial charge in [-0.05, 0) is 82.3 Å². The highest BCUT2D eigenvalue weighted by molar-refractivity contribution is 7.90. The molecule has 1 heterocycles. The fourth-order valence-corrected chi connectivity index (χ4v) is 6.41. The Hall–Kier alpha value is -2.70. The van der Waals surface area contributed by atoms with Crippen LogP contribution >= 0.6 is 0 Å². The highest BCUT2D eigenvalue weighted by Crippen LogP contribution is 2.43. The number of aliphatic hydroxyl groups is 1. The van der Waals surface area contributed by atoms with E-state index in [1.807, 2.05) is 20.8 Å². The van der Waals surface area contributed by atoms with Gasteiger partial charge in [0.15, 0.2) is 5.78 Å². The molecule has 0 spiro atoms. The second kappa shape index (κ2) is 7.42. The van der Waals surface area contributed by atoms with Gasteiger partial charge in [-0.2, -0.15) is 0 Å². The van der Waals surface area contributed by atoms with Crippen molar-refractivity contribution in [3.63, 3.8) is 0 Å². The van der Waals surface area contributed by atoms with Crippen molar-refractivity contribution in [3.05, 3.63) is 77.0 Å². The summed E-state index contributed by atoms with van der Waals surface area (Å²) in [4.78, 5) is 13.7. The Bertz CT molecular complexity index is 1360. The minimum absolute atomic E-state index is 0.123. The minimum atomic E-state index is -3.79. The molecule has 5 nitrogen and oxygen atoms in total. The number of carbonyl (C=O) groups is 1. The monoisotopic (exact) mass is 451 g/mol. The standard InChI is InChI=1S/C26H29NO4S/c1-15(2)20-13-21-19(25(28)24(20)26(5,6)29)11-12-22-23(21)17(4)14-27(22)32(30,31)18-9-7-16(3)8-10-18/h7-12,14,20,24,29H,1,13H2,2-6H3/t20-,24-/m0/s1. The maximum Gasteiger partial charge on any atom is 0.268 e. The van der Waals surface area contributed by atoms with E-state index in [1.54, 1.807) is 56.4 Å². The fourth-order valence-electron chi connectivity index (χ4n) is 4.99. The second-order valence-electron chi connectivity index (χ2n) is 9.56. The van der Waals surface area contributed by atoms with Crippen LogP contribution in [0.15, 0.2) is 59.6 Å². The predicted molar refractivity (Wildman–Crippen MR) is 127 cm³/mol. The number of benzene rings is 2. The van der Waals surface area contributed by atoms with Gasteiger partial charge in [-0.25, -0.2) is 12.4 Å². The molecule has 0 bridgehead atoms. The van der Waals surface area contributed by atoms with Crippen LogP contribution in [0.2, 0.25) is 0 Å². The molecule has 168 valence electrons. The molecule has 1 aromatic heterocycles. The Labute approximate surface area is 189 Å². The number of hydrogen-bond donors (Lipinski definition) is 1. The van der Waals surface area contributed by atoms with Crippen LogP contribution in [0.25, 0.3) is 10.9 Å². The number of Topliss-reactive ketones (excluding diaryl/α,β-unsaturated/α-hetero) is 1. The number of allylic oxidation sites excluding steroid dienone is 1. The van der Waals surface area contributed by atoms with Gasteiger partial charge in [0, 0.05) is 17.1 Å². The zero-order valence-electron chi connectivity index (χ0n) is 19.1. The van der Waals surface area contributed by atoms with E-state index in [0.717, 1.165) is 27.6 Å². The van der Waals surface area contributed by atoms with Crippen molar-refractivity contribution in [1.29, 1.82) is 0 Å². The summed E-state index contributed by atoms with van der Waals surface area (Å²) >= 11 is 0. The predicted octanol–water partition coefficient (Wildman–Crippen LogP) is 4.81. The molecular weight excluding hydrogens is 422 g/mol. The molecule has 6 heteroatoms. The number of fused-ring (bicyclic) bond motifs is 3. The SMILES string of the molecule is C=C(C)[C@@H]1Cc2c(ccc3c2c(C)cn3S(=O)(=O)c2ccc(C)cc2)C(=O)[C@H]1C(C)(C)O. The molecule has 0 saturated carbocycles. The summed E-state index contributed by atoms with van der Waals surface area (Å²) < 4.78 is 28.1. The Morgan fingerprint density at radius 3 is 2.31 bits per heavy atom. The number of aromatic nitrogens is 1. The van der Waals surface area contributed by atoms with Gasteiger partial charge in [0.2, 0.25) is 0 Å². The highest BCUT2D eigenvalue weighted by atomic mass is 32.2. The maximum atomic E-state index is 13.5. The van der Waals surface area contributed by atoms with E-state index in [9.17, 15) is 18.3 Å². The third kappa shape index (κ3) is 3.42. The molecule has 0 saturated heterocycles. The first-order valence-electron chi connectivity index (χ1n) is 10.7. The summed E-state index contributed by atoms with van der Waals surface area (Å²) in [6.45, 7) is 13.0. The number of ketones is 1. The van der Waals surface area contributed by atoms with Gasteiger partial charge >= 0.3 is 0 Å². The molecule has 0 fully saturated rings. The molecule has 0 amide bonds. The second-order valence-corrected chi connectivity index (χ2v) is 11.4. The van der Waals surface area contributed by atoms with Crippen molar-refractivity contribution in [2.75, 3.05) is 0 Å². The first-order valence-corrected chi connectivity index (χ1v) is 12.2. The van der Waals surface area contributed by atoms with E-state index < -0.39 is 21.5 Å². The lowest BCUT2D eigenvalue weighted by atomic mass is 9.66. The van der Waals surface area contributed by atoms with Crippen LogP contribution in [-0.2, 0) is 16.4 Å². The molecule has 4 rings (SSSR count). The third-order valence-corrected chi connectivity index (χ3v) is 8.27.